The van der Waals surface area contributed by atoms with Crippen molar-refractivity contribution in [2.24, 2.45) is 0 Å². The van der Waals surface area contributed by atoms with Crippen LogP contribution in [-0.2, 0) is 12.8 Å². The predicted octanol–water partition coefficient (Wildman–Crippen LogP) is 2.24. The first-order valence-electron chi connectivity index (χ1n) is 9.67. The highest BCUT2D eigenvalue weighted by molar-refractivity contribution is 5.96. The molecule has 2 aliphatic rings. The number of aromatic nitrogens is 2. The lowest BCUT2D eigenvalue weighted by atomic mass is 10.0. The zero-order chi connectivity index (χ0) is 19.5. The van der Waals surface area contributed by atoms with Crippen molar-refractivity contribution in [2.45, 2.75) is 38.1 Å². The summed E-state index contributed by atoms with van der Waals surface area (Å²) in [7, 11) is 1.55. The smallest absolute Gasteiger partial charge is 0.256 e. The van der Waals surface area contributed by atoms with E-state index in [-0.39, 0.29) is 11.9 Å². The highest BCUT2D eigenvalue weighted by Crippen LogP contribution is 2.27. The van der Waals surface area contributed by atoms with Gasteiger partial charge in [0.1, 0.15) is 17.5 Å². The number of carbonyl (C=O) groups excluding carboxylic acids is 1. The van der Waals surface area contributed by atoms with Crippen molar-refractivity contribution in [3.63, 3.8) is 0 Å². The molecule has 0 bridgehead atoms. The van der Waals surface area contributed by atoms with Gasteiger partial charge in [-0.15, -0.1) is 0 Å². The number of carbonyl (C=O) groups is 1. The van der Waals surface area contributed by atoms with Crippen LogP contribution in [-0.4, -0.2) is 42.1 Å². The van der Waals surface area contributed by atoms with Gasteiger partial charge in [-0.3, -0.25) is 4.79 Å². The Morgan fingerprint density at radius 3 is 2.93 bits per heavy atom. The molecule has 7 heteroatoms. The Kier molecular flexibility index (Phi) is 5.11. The molecule has 2 aromatic heterocycles. The van der Waals surface area contributed by atoms with Gasteiger partial charge in [0.05, 0.1) is 12.7 Å². The van der Waals surface area contributed by atoms with Gasteiger partial charge >= 0.3 is 0 Å². The van der Waals surface area contributed by atoms with Gasteiger partial charge in [0.15, 0.2) is 0 Å². The minimum absolute atomic E-state index is 0.0796. The Labute approximate surface area is 164 Å². The summed E-state index contributed by atoms with van der Waals surface area (Å²) in [6.07, 6.45) is 6.30. The van der Waals surface area contributed by atoms with Crippen LogP contribution < -0.4 is 15.0 Å². The first-order chi connectivity index (χ1) is 13.7. The zero-order valence-corrected chi connectivity index (χ0v) is 15.9. The van der Waals surface area contributed by atoms with Crippen LogP contribution in [0.25, 0.3) is 0 Å². The van der Waals surface area contributed by atoms with Crippen LogP contribution >= 0.6 is 0 Å². The molecule has 144 valence electrons. The molecule has 0 spiro atoms. The maximum Gasteiger partial charge on any atom is 0.256 e. The Bertz CT molecular complexity index is 929. The van der Waals surface area contributed by atoms with Crippen molar-refractivity contribution in [3.05, 3.63) is 46.8 Å². The Balaban J connectivity index is 1.42. The van der Waals surface area contributed by atoms with Gasteiger partial charge in [-0.25, -0.2) is 9.97 Å². The van der Waals surface area contributed by atoms with E-state index in [0.29, 0.717) is 17.0 Å². The van der Waals surface area contributed by atoms with Crippen molar-refractivity contribution in [3.8, 4) is 11.9 Å². The molecule has 28 heavy (non-hydrogen) atoms. The Morgan fingerprint density at radius 2 is 2.18 bits per heavy atom. The number of ether oxygens (including phenoxy) is 1. The summed E-state index contributed by atoms with van der Waals surface area (Å²) in [6.45, 7) is 1.49. The van der Waals surface area contributed by atoms with E-state index in [0.717, 1.165) is 62.3 Å². The number of methoxy groups -OCH3 is 1. The second kappa shape index (κ2) is 7.85. The summed E-state index contributed by atoms with van der Waals surface area (Å²) < 4.78 is 5.36. The SMILES string of the molecule is COc1nc2c(cc1C(=O)NC1CCN(c3ncccc3C#N)CC1)CCC2. The third-order valence-corrected chi connectivity index (χ3v) is 5.49. The number of aryl methyl sites for hydroxylation is 2. The van der Waals surface area contributed by atoms with Crippen molar-refractivity contribution in [1.82, 2.24) is 15.3 Å². The highest BCUT2D eigenvalue weighted by atomic mass is 16.5. The molecule has 0 saturated carbocycles. The molecule has 1 aliphatic heterocycles. The summed E-state index contributed by atoms with van der Waals surface area (Å²) in [6, 6.07) is 7.76. The lowest BCUT2D eigenvalue weighted by Crippen LogP contribution is -2.45. The fraction of sp³-hybridized carbons (Fsp3) is 0.429. The highest BCUT2D eigenvalue weighted by Gasteiger charge is 2.26. The van der Waals surface area contributed by atoms with E-state index < -0.39 is 0 Å². The number of pyridine rings is 2. The van der Waals surface area contributed by atoms with Gasteiger partial charge in [0.25, 0.3) is 5.91 Å². The maximum absolute atomic E-state index is 12.8. The standard InChI is InChI=1S/C21H23N5O2/c1-28-21-17(12-14-4-2-6-18(14)25-21)20(27)24-16-7-10-26(11-8-16)19-15(13-22)5-3-9-23-19/h3,5,9,12,16H,2,4,6-8,10-11H2,1H3,(H,24,27). The second-order valence-corrected chi connectivity index (χ2v) is 7.23. The summed E-state index contributed by atoms with van der Waals surface area (Å²) in [5.74, 6) is 0.995. The third-order valence-electron chi connectivity index (χ3n) is 5.49. The fourth-order valence-electron chi connectivity index (χ4n) is 4.01. The molecule has 0 aromatic carbocycles. The number of hydrogen-bond donors (Lipinski definition) is 1. The molecule has 0 radical (unpaired) electrons. The fourth-order valence-corrected chi connectivity index (χ4v) is 4.01. The molecule has 1 amide bonds. The molecule has 7 nitrogen and oxygen atoms in total. The summed E-state index contributed by atoms with van der Waals surface area (Å²) in [4.78, 5) is 23.8. The van der Waals surface area contributed by atoms with E-state index in [4.69, 9.17) is 4.74 Å². The zero-order valence-electron chi connectivity index (χ0n) is 15.9. The molecular formula is C21H23N5O2. The number of piperidine rings is 1. The minimum atomic E-state index is -0.131. The van der Waals surface area contributed by atoms with Crippen molar-refractivity contribution >= 4 is 11.7 Å². The molecular weight excluding hydrogens is 354 g/mol. The molecule has 4 rings (SSSR count). The molecule has 1 aliphatic carbocycles. The van der Waals surface area contributed by atoms with E-state index in [2.05, 4.69) is 26.3 Å². The van der Waals surface area contributed by atoms with E-state index in [1.807, 2.05) is 6.07 Å². The van der Waals surface area contributed by atoms with Crippen molar-refractivity contribution in [1.29, 1.82) is 5.26 Å². The number of hydrogen-bond acceptors (Lipinski definition) is 6. The van der Waals surface area contributed by atoms with Crippen LogP contribution in [0, 0.1) is 11.3 Å². The van der Waals surface area contributed by atoms with Gasteiger partial charge in [-0.05, 0) is 55.9 Å². The second-order valence-electron chi connectivity index (χ2n) is 7.23. The van der Waals surface area contributed by atoms with Crippen LogP contribution in [0.15, 0.2) is 24.4 Å². The number of amides is 1. The predicted molar refractivity (Wildman–Crippen MR) is 104 cm³/mol. The number of anilines is 1. The van der Waals surface area contributed by atoms with Gasteiger partial charge in [-0.1, -0.05) is 0 Å². The first-order valence-corrected chi connectivity index (χ1v) is 9.67. The molecule has 1 fully saturated rings. The third kappa shape index (κ3) is 3.50. The van der Waals surface area contributed by atoms with Crippen LogP contribution in [0.5, 0.6) is 5.88 Å². The first kappa shape index (κ1) is 18.2. The Morgan fingerprint density at radius 1 is 1.36 bits per heavy atom. The number of fused-ring (bicyclic) bond motifs is 1. The van der Waals surface area contributed by atoms with Gasteiger partial charge < -0.3 is 15.0 Å². The molecule has 1 N–H and O–H groups in total. The average molecular weight is 377 g/mol. The molecule has 3 heterocycles. The topological polar surface area (TPSA) is 91.1 Å². The number of rotatable bonds is 4. The normalized spacial score (nSPS) is 16.4. The van der Waals surface area contributed by atoms with Crippen LogP contribution in [0.1, 0.15) is 46.4 Å². The Hall–Kier alpha value is -3.14. The van der Waals surface area contributed by atoms with Crippen LogP contribution in [0.2, 0.25) is 0 Å². The molecule has 2 aromatic rings. The summed E-state index contributed by atoms with van der Waals surface area (Å²) in [5, 5.41) is 12.4. The number of nitrogens with zero attached hydrogens (tertiary/aromatic N) is 4. The van der Waals surface area contributed by atoms with Gasteiger partial charge in [-0.2, -0.15) is 5.26 Å². The average Bonchev–Trinajstić information content (AvgIpc) is 3.20. The number of nitriles is 1. The lowest BCUT2D eigenvalue weighted by molar-refractivity contribution is 0.0927. The lowest BCUT2D eigenvalue weighted by Gasteiger charge is -2.33. The molecule has 0 atom stereocenters. The van der Waals surface area contributed by atoms with Crippen LogP contribution in [0.3, 0.4) is 0 Å². The van der Waals surface area contributed by atoms with E-state index in [1.54, 1.807) is 25.4 Å². The summed E-state index contributed by atoms with van der Waals surface area (Å²) in [5.41, 5.74) is 3.30. The molecule has 0 unspecified atom stereocenters. The van der Waals surface area contributed by atoms with Gasteiger partial charge in [0, 0.05) is 31.0 Å². The monoisotopic (exact) mass is 377 g/mol. The van der Waals surface area contributed by atoms with Crippen molar-refractivity contribution in [2.75, 3.05) is 25.1 Å². The van der Waals surface area contributed by atoms with E-state index in [9.17, 15) is 10.1 Å². The summed E-state index contributed by atoms with van der Waals surface area (Å²) >= 11 is 0. The van der Waals surface area contributed by atoms with Crippen LogP contribution in [0.4, 0.5) is 5.82 Å². The number of nitrogens with one attached hydrogen (secondary N) is 1. The maximum atomic E-state index is 12.8. The largest absolute Gasteiger partial charge is 0.480 e. The van der Waals surface area contributed by atoms with Gasteiger partial charge in [0.2, 0.25) is 5.88 Å². The molecule has 1 saturated heterocycles. The van der Waals surface area contributed by atoms with E-state index in [1.165, 1.54) is 0 Å². The quantitative estimate of drug-likeness (QED) is 0.879. The van der Waals surface area contributed by atoms with E-state index >= 15 is 0 Å². The van der Waals surface area contributed by atoms with Crippen molar-refractivity contribution < 1.29 is 9.53 Å². The minimum Gasteiger partial charge on any atom is -0.480 e.